The van der Waals surface area contributed by atoms with Crippen molar-refractivity contribution in [1.82, 2.24) is 14.9 Å². The van der Waals surface area contributed by atoms with E-state index in [1.807, 2.05) is 26.0 Å². The van der Waals surface area contributed by atoms with Crippen LogP contribution in [0.15, 0.2) is 63.9 Å². The van der Waals surface area contributed by atoms with Crippen molar-refractivity contribution in [2.45, 2.75) is 50.1 Å². The second kappa shape index (κ2) is 11.4. The average molecular weight is 544 g/mol. The Hall–Kier alpha value is -3.57. The fourth-order valence-corrected chi connectivity index (χ4v) is 5.85. The summed E-state index contributed by atoms with van der Waals surface area (Å²) in [4.78, 5) is 39.0. The lowest BCUT2D eigenvalue weighted by atomic mass is 10.0. The molecule has 1 saturated heterocycles. The molecule has 0 spiro atoms. The van der Waals surface area contributed by atoms with Gasteiger partial charge in [0, 0.05) is 11.9 Å². The first-order valence-electron chi connectivity index (χ1n) is 12.4. The molecule has 1 aliphatic rings. The van der Waals surface area contributed by atoms with Gasteiger partial charge in [-0.1, -0.05) is 32.0 Å². The molecule has 202 valence electrons. The molecule has 2 amide bonds. The van der Waals surface area contributed by atoms with Crippen LogP contribution in [-0.4, -0.2) is 55.5 Å². The Morgan fingerprint density at radius 2 is 1.84 bits per heavy atom. The van der Waals surface area contributed by atoms with Crippen molar-refractivity contribution in [3.8, 4) is 0 Å². The van der Waals surface area contributed by atoms with Crippen LogP contribution in [0.1, 0.15) is 43.7 Å². The van der Waals surface area contributed by atoms with Gasteiger partial charge in [0.1, 0.15) is 17.4 Å². The van der Waals surface area contributed by atoms with E-state index in [0.717, 1.165) is 34.0 Å². The van der Waals surface area contributed by atoms with Gasteiger partial charge in [-0.15, -0.1) is 0 Å². The average Bonchev–Trinajstić information content (AvgIpc) is 3.22. The van der Waals surface area contributed by atoms with Crippen LogP contribution in [0, 0.1) is 11.7 Å². The van der Waals surface area contributed by atoms with Crippen LogP contribution in [0.25, 0.3) is 11.0 Å². The van der Waals surface area contributed by atoms with Gasteiger partial charge >= 0.3 is 0 Å². The Morgan fingerprint density at radius 1 is 1.13 bits per heavy atom. The third-order valence-electron chi connectivity index (χ3n) is 6.37. The van der Waals surface area contributed by atoms with Crippen LogP contribution in [0.3, 0.4) is 0 Å². The summed E-state index contributed by atoms with van der Waals surface area (Å²) < 4.78 is 45.9. The molecular weight excluding hydrogens is 513 g/mol. The van der Waals surface area contributed by atoms with Crippen LogP contribution < -0.4 is 10.6 Å². The molecule has 2 heterocycles. The topological polar surface area (TPSA) is 126 Å². The molecule has 0 bridgehead atoms. The number of furan rings is 1. The van der Waals surface area contributed by atoms with Gasteiger partial charge in [0.25, 0.3) is 5.91 Å². The number of para-hydroxylation sites is 1. The Balaban J connectivity index is 1.44. The predicted molar refractivity (Wildman–Crippen MR) is 138 cm³/mol. The van der Waals surface area contributed by atoms with Crippen molar-refractivity contribution < 1.29 is 31.6 Å². The number of Topliss-reactive ketones (excluding diaryl/α,β-unsaturated/α-hetero) is 1. The fraction of sp³-hybridized carbons (Fsp3) is 0.370. The van der Waals surface area contributed by atoms with Crippen LogP contribution in [0.2, 0.25) is 0 Å². The number of amides is 2. The number of rotatable bonds is 8. The highest BCUT2D eigenvalue weighted by atomic mass is 32.2. The van der Waals surface area contributed by atoms with Gasteiger partial charge in [0.15, 0.2) is 11.5 Å². The largest absolute Gasteiger partial charge is 0.451 e. The first-order chi connectivity index (χ1) is 18.0. The first kappa shape index (κ1) is 27.5. The summed E-state index contributed by atoms with van der Waals surface area (Å²) in [5.41, 5.74) is 0.548. The molecule has 0 saturated carbocycles. The van der Waals surface area contributed by atoms with Crippen LogP contribution in [0.4, 0.5) is 4.39 Å². The van der Waals surface area contributed by atoms with Gasteiger partial charge < -0.3 is 15.1 Å². The van der Waals surface area contributed by atoms with Crippen LogP contribution >= 0.6 is 0 Å². The Bertz CT molecular complexity index is 1400. The molecule has 4 rings (SSSR count). The second-order valence-electron chi connectivity index (χ2n) is 9.77. The standard InChI is InChI=1S/C27H30FN3O6S/c1-17(2)14-22(30-27(34)25-15-18-6-3-4-8-24(18)37-25)26(33)29-21-7-5-13-31(16-23(21)32)38(35,36)20-11-9-19(28)10-12-20/h3-4,6,8-12,15,17,21-22H,5,7,13-14,16H2,1-2H3,(H,29,33)(H,30,34)/t21?,22-/m0/s1. The van der Waals surface area contributed by atoms with E-state index in [1.165, 1.54) is 0 Å². The summed E-state index contributed by atoms with van der Waals surface area (Å²) in [6.45, 7) is 3.46. The van der Waals surface area contributed by atoms with Crippen molar-refractivity contribution in [3.05, 3.63) is 66.2 Å². The molecule has 2 atom stereocenters. The molecule has 11 heteroatoms. The lowest BCUT2D eigenvalue weighted by Crippen LogP contribution is -2.52. The highest BCUT2D eigenvalue weighted by Gasteiger charge is 2.34. The molecular formula is C27H30FN3O6S. The van der Waals surface area contributed by atoms with Crippen molar-refractivity contribution >= 4 is 38.6 Å². The van der Waals surface area contributed by atoms with Gasteiger partial charge in [-0.05, 0) is 61.6 Å². The van der Waals surface area contributed by atoms with Gasteiger partial charge in [-0.2, -0.15) is 4.31 Å². The number of benzene rings is 2. The SMILES string of the molecule is CC(C)C[C@H](NC(=O)c1cc2ccccc2o1)C(=O)NC1CCCN(S(=O)(=O)c2ccc(F)cc2)CC1=O. The lowest BCUT2D eigenvalue weighted by Gasteiger charge is -2.23. The quantitative estimate of drug-likeness (QED) is 0.449. The molecule has 38 heavy (non-hydrogen) atoms. The van der Waals surface area contributed by atoms with E-state index in [0.29, 0.717) is 18.4 Å². The third-order valence-corrected chi connectivity index (χ3v) is 8.23. The monoisotopic (exact) mass is 543 g/mol. The normalized spacial score (nSPS) is 17.8. The summed E-state index contributed by atoms with van der Waals surface area (Å²) in [6.07, 6.45) is 0.896. The minimum Gasteiger partial charge on any atom is -0.451 e. The summed E-state index contributed by atoms with van der Waals surface area (Å²) in [6, 6.07) is 11.3. The highest BCUT2D eigenvalue weighted by Crippen LogP contribution is 2.21. The zero-order valence-corrected chi connectivity index (χ0v) is 22.0. The number of nitrogens with one attached hydrogen (secondary N) is 2. The van der Waals surface area contributed by atoms with Crippen LogP contribution in [-0.2, 0) is 19.6 Å². The van der Waals surface area contributed by atoms with Crippen molar-refractivity contribution in [1.29, 1.82) is 0 Å². The van der Waals surface area contributed by atoms with E-state index in [-0.39, 0.29) is 29.5 Å². The molecule has 2 aromatic carbocycles. The van der Waals surface area contributed by atoms with Crippen molar-refractivity contribution in [3.63, 3.8) is 0 Å². The molecule has 9 nitrogen and oxygen atoms in total. The lowest BCUT2D eigenvalue weighted by molar-refractivity contribution is -0.129. The van der Waals surface area contributed by atoms with Crippen LogP contribution in [0.5, 0.6) is 0 Å². The highest BCUT2D eigenvalue weighted by molar-refractivity contribution is 7.89. The van der Waals surface area contributed by atoms with E-state index < -0.39 is 52.1 Å². The minimum absolute atomic E-state index is 0.0582. The molecule has 0 aliphatic carbocycles. The maximum atomic E-state index is 13.3. The minimum atomic E-state index is -4.01. The Morgan fingerprint density at radius 3 is 2.53 bits per heavy atom. The number of nitrogens with zero attached hydrogens (tertiary/aromatic N) is 1. The van der Waals surface area contributed by atoms with Gasteiger partial charge in [0.2, 0.25) is 15.9 Å². The van der Waals surface area contributed by atoms with Crippen molar-refractivity contribution in [2.75, 3.05) is 13.1 Å². The van der Waals surface area contributed by atoms with E-state index >= 15 is 0 Å². The zero-order valence-electron chi connectivity index (χ0n) is 21.1. The van der Waals surface area contributed by atoms with Gasteiger partial charge in [0.05, 0.1) is 17.5 Å². The summed E-state index contributed by atoms with van der Waals surface area (Å²) in [5, 5.41) is 6.18. The zero-order chi connectivity index (χ0) is 27.4. The second-order valence-corrected chi connectivity index (χ2v) is 11.7. The number of halogens is 1. The number of sulfonamides is 1. The predicted octanol–water partition coefficient (Wildman–Crippen LogP) is 3.26. The van der Waals surface area contributed by atoms with Gasteiger partial charge in [-0.3, -0.25) is 14.4 Å². The van der Waals surface area contributed by atoms with E-state index in [1.54, 1.807) is 18.2 Å². The number of hydrogen-bond acceptors (Lipinski definition) is 6. The number of ketones is 1. The smallest absolute Gasteiger partial charge is 0.287 e. The molecule has 1 fully saturated rings. The van der Waals surface area contributed by atoms with Crippen molar-refractivity contribution in [2.24, 2.45) is 5.92 Å². The molecule has 3 aromatic rings. The molecule has 1 unspecified atom stereocenters. The maximum absolute atomic E-state index is 13.3. The van der Waals surface area contributed by atoms with E-state index in [9.17, 15) is 27.2 Å². The number of fused-ring (bicyclic) bond motifs is 1. The molecule has 1 aromatic heterocycles. The van der Waals surface area contributed by atoms with E-state index in [4.69, 9.17) is 4.42 Å². The molecule has 0 radical (unpaired) electrons. The maximum Gasteiger partial charge on any atom is 0.287 e. The molecule has 1 aliphatic heterocycles. The molecule has 2 N–H and O–H groups in total. The summed E-state index contributed by atoms with van der Waals surface area (Å²) in [5.74, 6) is -1.99. The summed E-state index contributed by atoms with van der Waals surface area (Å²) in [7, 11) is -4.01. The number of carbonyl (C=O) groups is 3. The Labute approximate surface area is 220 Å². The first-order valence-corrected chi connectivity index (χ1v) is 13.9. The van der Waals surface area contributed by atoms with Gasteiger partial charge in [-0.25, -0.2) is 12.8 Å². The Kier molecular flexibility index (Phi) is 8.27. The third kappa shape index (κ3) is 6.28. The fourth-order valence-electron chi connectivity index (χ4n) is 4.41. The number of hydrogen-bond donors (Lipinski definition) is 2. The summed E-state index contributed by atoms with van der Waals surface area (Å²) >= 11 is 0. The van der Waals surface area contributed by atoms with E-state index in [2.05, 4.69) is 10.6 Å². The number of carbonyl (C=O) groups excluding carboxylic acids is 3.